The van der Waals surface area contributed by atoms with E-state index in [2.05, 4.69) is 114 Å². The van der Waals surface area contributed by atoms with Crippen molar-refractivity contribution in [3.05, 3.63) is 142 Å². The summed E-state index contributed by atoms with van der Waals surface area (Å²) in [4.78, 5) is 20.4. The van der Waals surface area contributed by atoms with Gasteiger partial charge in [0.15, 0.2) is 16.6 Å². The summed E-state index contributed by atoms with van der Waals surface area (Å²) in [7, 11) is 0. The first kappa shape index (κ1) is 47.8. The molecule has 0 atom stereocenters. The molecule has 0 unspecified atom stereocenters. The molecule has 0 amide bonds. The van der Waals surface area contributed by atoms with Crippen molar-refractivity contribution >= 4 is 37.9 Å². The van der Waals surface area contributed by atoms with Gasteiger partial charge >= 0.3 is 29.6 Å². The Hall–Kier alpha value is -5.29. The number of benzene rings is 4. The summed E-state index contributed by atoms with van der Waals surface area (Å²) < 4.78 is 3.94. The number of carbonyl (C=O) groups is 1. The molecule has 8 rings (SSSR count). The number of carbonyl (C=O) groups excluding carboxylic acids is 1. The van der Waals surface area contributed by atoms with Crippen molar-refractivity contribution in [3.8, 4) is 45.0 Å². The van der Waals surface area contributed by atoms with Gasteiger partial charge in [-0.2, -0.15) is 10.4 Å². The zero-order valence-corrected chi connectivity index (χ0v) is 38.4. The van der Waals surface area contributed by atoms with Crippen LogP contribution in [0.5, 0.6) is 0 Å². The molecule has 14 nitrogen and oxygen atoms in total. The predicted octanol–water partition coefficient (Wildman–Crippen LogP) is 5.59. The van der Waals surface area contributed by atoms with E-state index in [0.717, 1.165) is 101 Å². The van der Waals surface area contributed by atoms with E-state index in [4.69, 9.17) is 23.2 Å². The number of hydrogen-bond donors (Lipinski definition) is 3. The predicted molar refractivity (Wildman–Crippen MR) is 238 cm³/mol. The Morgan fingerprint density at radius 1 is 0.645 bits per heavy atom. The van der Waals surface area contributed by atoms with E-state index in [1.165, 1.54) is 0 Å². The van der Waals surface area contributed by atoms with Gasteiger partial charge in [0, 0.05) is 45.5 Å². The first-order valence-electron chi connectivity index (χ1n) is 19.8. The molecule has 3 radical (unpaired) electrons. The molecule has 4 aromatic heterocycles. The molecule has 8 aromatic rings. The molecule has 0 saturated heterocycles. The van der Waals surface area contributed by atoms with Gasteiger partial charge in [0.2, 0.25) is 11.6 Å². The molecule has 3 N–H and O–H groups in total. The van der Waals surface area contributed by atoms with Crippen molar-refractivity contribution in [3.63, 3.8) is 0 Å². The third-order valence-electron chi connectivity index (χ3n) is 10.2. The Labute approximate surface area is 395 Å². The average Bonchev–Trinajstić information content (AvgIpc) is 4.12. The largest absolute Gasteiger partial charge is 1.00 e. The SMILES string of the molecule is CCCCc1nc(Cl)c(C=O)n1Cc1ccc(-c2ccccc2-c2nn[nH]n2)cc1.CCCCc1nc(Cl)c(CO)n1Cc1ccc(-c2ccccc2-c2nn[nH]n2)cc1.[B].[H-].[Na+]. The molecule has 0 aliphatic carbocycles. The van der Waals surface area contributed by atoms with Crippen molar-refractivity contribution in [1.29, 1.82) is 0 Å². The van der Waals surface area contributed by atoms with Gasteiger partial charge in [-0.15, -0.1) is 20.4 Å². The van der Waals surface area contributed by atoms with Gasteiger partial charge in [0.1, 0.15) is 17.3 Å². The second kappa shape index (κ2) is 23.2. The summed E-state index contributed by atoms with van der Waals surface area (Å²) in [5.41, 5.74) is 9.26. The second-order valence-corrected chi connectivity index (χ2v) is 14.8. The summed E-state index contributed by atoms with van der Waals surface area (Å²) in [5.74, 6) is 2.88. The van der Waals surface area contributed by atoms with Gasteiger partial charge in [-0.1, -0.05) is 147 Å². The first-order valence-corrected chi connectivity index (χ1v) is 20.6. The van der Waals surface area contributed by atoms with Crippen LogP contribution in [0.4, 0.5) is 0 Å². The molecule has 311 valence electrons. The van der Waals surface area contributed by atoms with Crippen molar-refractivity contribution < 1.29 is 40.9 Å². The molecule has 0 saturated carbocycles. The summed E-state index contributed by atoms with van der Waals surface area (Å²) in [5, 5.41) is 39.2. The molecule has 62 heavy (non-hydrogen) atoms. The van der Waals surface area contributed by atoms with Gasteiger partial charge in [0.25, 0.3) is 0 Å². The van der Waals surface area contributed by atoms with E-state index >= 15 is 0 Å². The Morgan fingerprint density at radius 2 is 1.08 bits per heavy atom. The summed E-state index contributed by atoms with van der Waals surface area (Å²) in [6.07, 6.45) is 6.57. The van der Waals surface area contributed by atoms with Crippen molar-refractivity contribution in [2.45, 2.75) is 72.1 Å². The van der Waals surface area contributed by atoms with Gasteiger partial charge in [-0.05, 0) is 56.6 Å². The van der Waals surface area contributed by atoms with Crippen LogP contribution in [0.1, 0.15) is 79.9 Å². The van der Waals surface area contributed by atoms with E-state index in [-0.39, 0.29) is 51.2 Å². The van der Waals surface area contributed by atoms with Crippen molar-refractivity contribution in [1.82, 2.24) is 60.4 Å². The molecule has 0 aliphatic heterocycles. The number of rotatable bonds is 16. The van der Waals surface area contributed by atoms with Crippen molar-refractivity contribution in [2.75, 3.05) is 0 Å². The van der Waals surface area contributed by atoms with E-state index in [1.54, 1.807) is 0 Å². The molecule has 4 heterocycles. The van der Waals surface area contributed by atoms with Crippen LogP contribution in [-0.4, -0.2) is 80.2 Å². The maximum absolute atomic E-state index is 11.5. The minimum atomic E-state index is -0.131. The number of hydrogen-bond acceptors (Lipinski definition) is 10. The number of imidazole rings is 2. The normalized spacial score (nSPS) is 10.7. The molecule has 0 aliphatic rings. The Bertz CT molecular complexity index is 2630. The third kappa shape index (κ3) is 11.2. The quantitative estimate of drug-likeness (QED) is 0.0818. The molecule has 0 fully saturated rings. The average molecular weight is 879 g/mol. The molecule has 0 spiro atoms. The fourth-order valence-electron chi connectivity index (χ4n) is 7.02. The van der Waals surface area contributed by atoms with Gasteiger partial charge in [0.05, 0.1) is 12.3 Å². The summed E-state index contributed by atoms with van der Waals surface area (Å²) in [6.45, 7) is 5.29. The maximum Gasteiger partial charge on any atom is 1.00 e. The van der Waals surface area contributed by atoms with Crippen molar-refractivity contribution in [2.24, 2.45) is 0 Å². The molecule has 0 bridgehead atoms. The fourth-order valence-corrected chi connectivity index (χ4v) is 7.52. The zero-order valence-electron chi connectivity index (χ0n) is 35.8. The smallest absolute Gasteiger partial charge is 1.00 e. The minimum Gasteiger partial charge on any atom is -1.00 e. The van der Waals surface area contributed by atoms with Crippen LogP contribution < -0.4 is 29.6 Å². The minimum absolute atomic E-state index is 0. The van der Waals surface area contributed by atoms with Crippen LogP contribution in [0.3, 0.4) is 0 Å². The number of aromatic amines is 2. The van der Waals surface area contributed by atoms with Crippen LogP contribution in [0.2, 0.25) is 10.3 Å². The number of H-pyrrole nitrogens is 2. The van der Waals surface area contributed by atoms with E-state index in [1.807, 2.05) is 57.7 Å². The standard InChI is InChI=1S/C22H23ClN6O.C22H21ClN6O.B.Na.H/c2*1-2-3-8-20-24-21(23)19(14-30)29(20)13-15-9-11-16(12-10-15)17-6-4-5-7-18(17)22-25-27-28-26-22;;;/h4-7,9-12,30H,2-3,8,13-14H2,1H3,(H,25,26,27,28);4-7,9-12,14H,2-3,8,13H2,1H3,(H,25,26,27,28);;;/q;;;+1;-1. The number of nitrogens with zero attached hydrogens (tertiary/aromatic N) is 10. The number of aryl methyl sites for hydroxylation is 2. The third-order valence-corrected chi connectivity index (χ3v) is 10.7. The zero-order chi connectivity index (χ0) is 41.8. The molecule has 18 heteroatoms. The van der Waals surface area contributed by atoms with Crippen LogP contribution in [0.25, 0.3) is 45.0 Å². The fraction of sp³-hybridized carbons (Fsp3) is 0.250. The number of unbranched alkanes of at least 4 members (excludes halogenated alkanes) is 2. The maximum atomic E-state index is 11.5. The van der Waals surface area contributed by atoms with Crippen LogP contribution >= 0.6 is 23.2 Å². The monoisotopic (exact) mass is 877 g/mol. The first-order chi connectivity index (χ1) is 29.4. The van der Waals surface area contributed by atoms with Gasteiger partial charge in [-0.3, -0.25) is 4.79 Å². The molecular formula is C44H45BCl2N12NaO2. The van der Waals surface area contributed by atoms with E-state index in [0.29, 0.717) is 41.3 Å². The number of aliphatic hydroxyl groups is 1. The van der Waals surface area contributed by atoms with E-state index in [9.17, 15) is 9.90 Å². The number of aldehydes is 1. The Balaban J connectivity index is 0.000000264. The Morgan fingerprint density at radius 3 is 1.50 bits per heavy atom. The Kier molecular flexibility index (Phi) is 17.9. The summed E-state index contributed by atoms with van der Waals surface area (Å²) in [6, 6.07) is 32.5. The van der Waals surface area contributed by atoms with Crippen LogP contribution in [0, 0.1) is 0 Å². The van der Waals surface area contributed by atoms with E-state index < -0.39 is 0 Å². The summed E-state index contributed by atoms with van der Waals surface area (Å²) >= 11 is 12.4. The number of aliphatic hydroxyl groups excluding tert-OH is 1. The van der Waals surface area contributed by atoms with Gasteiger partial charge in [-0.25, -0.2) is 9.97 Å². The number of halogens is 2. The van der Waals surface area contributed by atoms with Crippen LogP contribution in [-0.2, 0) is 32.5 Å². The van der Waals surface area contributed by atoms with Gasteiger partial charge < -0.3 is 15.7 Å². The number of nitrogens with one attached hydrogen (secondary N) is 2. The molecular weight excluding hydrogens is 833 g/mol. The number of tetrazole rings is 2. The number of aromatic nitrogens is 12. The second-order valence-electron chi connectivity index (χ2n) is 14.1. The topological polar surface area (TPSA) is 182 Å². The molecule has 4 aromatic carbocycles. The van der Waals surface area contributed by atoms with Crippen LogP contribution in [0.15, 0.2) is 97.1 Å².